The molecule has 3 heterocycles. The Balaban J connectivity index is 1.42. The van der Waals surface area contributed by atoms with Crippen molar-refractivity contribution in [1.82, 2.24) is 19.8 Å². The minimum Gasteiger partial charge on any atom is -0.385 e. The van der Waals surface area contributed by atoms with E-state index in [9.17, 15) is 5.11 Å². The van der Waals surface area contributed by atoms with Crippen LogP contribution in [-0.4, -0.2) is 38.0 Å². The minimum absolute atomic E-state index is 0.587. The second-order valence-electron chi connectivity index (χ2n) is 7.35. The number of rotatable bonds is 3. The van der Waals surface area contributed by atoms with Gasteiger partial charge in [-0.15, -0.1) is 15.3 Å². The van der Waals surface area contributed by atoms with Crippen molar-refractivity contribution >= 4 is 23.1 Å². The first kappa shape index (κ1) is 18.1. The molecule has 0 radical (unpaired) electrons. The van der Waals surface area contributed by atoms with Crippen molar-refractivity contribution < 1.29 is 5.11 Å². The number of hydrogen-bond donors (Lipinski definition) is 1. The van der Waals surface area contributed by atoms with Crippen LogP contribution in [0.1, 0.15) is 18.4 Å². The zero-order valence-electron chi connectivity index (χ0n) is 15.7. The number of hydrogen-bond acceptors (Lipinski definition) is 5. The van der Waals surface area contributed by atoms with Crippen molar-refractivity contribution in [1.29, 1.82) is 0 Å². The second kappa shape index (κ2) is 7.13. The lowest BCUT2D eigenvalue weighted by Crippen LogP contribution is -2.43. The summed E-state index contributed by atoms with van der Waals surface area (Å²) >= 11 is 6.33. The fraction of sp³-hybridized carbons (Fsp3) is 0.227. The average Bonchev–Trinajstić information content (AvgIpc) is 3.18. The van der Waals surface area contributed by atoms with E-state index in [4.69, 9.17) is 16.7 Å². The van der Waals surface area contributed by atoms with Crippen molar-refractivity contribution in [3.63, 3.8) is 0 Å². The van der Waals surface area contributed by atoms with Crippen molar-refractivity contribution in [2.45, 2.75) is 18.4 Å². The summed E-state index contributed by atoms with van der Waals surface area (Å²) in [6, 6.07) is 21.3. The largest absolute Gasteiger partial charge is 0.385 e. The molecule has 2 aromatic heterocycles. The smallest absolute Gasteiger partial charge is 0.185 e. The zero-order valence-corrected chi connectivity index (χ0v) is 16.5. The maximum Gasteiger partial charge on any atom is 0.185 e. The fourth-order valence-corrected chi connectivity index (χ4v) is 4.24. The van der Waals surface area contributed by atoms with E-state index in [1.165, 1.54) is 0 Å². The maximum atomic E-state index is 11.2. The van der Waals surface area contributed by atoms with Crippen LogP contribution in [-0.2, 0) is 5.60 Å². The molecule has 29 heavy (non-hydrogen) atoms. The molecule has 0 bridgehead atoms. The Morgan fingerprint density at radius 2 is 1.59 bits per heavy atom. The van der Waals surface area contributed by atoms with Crippen LogP contribution in [0, 0.1) is 0 Å². The van der Waals surface area contributed by atoms with Crippen LogP contribution in [0.3, 0.4) is 0 Å². The lowest BCUT2D eigenvalue weighted by molar-refractivity contribution is 0.0117. The van der Waals surface area contributed by atoms with Crippen LogP contribution in [0.5, 0.6) is 0 Å². The second-order valence-corrected chi connectivity index (χ2v) is 7.76. The SMILES string of the molecule is OC1(c2ccccc2Cl)CCN(c2ccc3nnc(-c4ccccc4)n3n2)CC1. The molecular formula is C22H20ClN5O. The first-order valence-electron chi connectivity index (χ1n) is 9.64. The van der Waals surface area contributed by atoms with Gasteiger partial charge < -0.3 is 10.0 Å². The van der Waals surface area contributed by atoms with E-state index >= 15 is 0 Å². The highest BCUT2D eigenvalue weighted by Gasteiger charge is 2.35. The number of aromatic nitrogens is 4. The number of anilines is 1. The van der Waals surface area contributed by atoms with Crippen LogP contribution >= 0.6 is 11.6 Å². The fourth-order valence-electron chi connectivity index (χ4n) is 3.93. The average molecular weight is 406 g/mol. The number of benzene rings is 2. The molecule has 5 rings (SSSR count). The summed E-state index contributed by atoms with van der Waals surface area (Å²) in [5.74, 6) is 1.56. The van der Waals surface area contributed by atoms with Gasteiger partial charge in [-0.25, -0.2) is 0 Å². The van der Waals surface area contributed by atoms with Crippen LogP contribution in [0.4, 0.5) is 5.82 Å². The van der Waals surface area contributed by atoms with Gasteiger partial charge in [-0.2, -0.15) is 4.52 Å². The van der Waals surface area contributed by atoms with Crippen molar-refractivity contribution in [2.24, 2.45) is 0 Å². The van der Waals surface area contributed by atoms with Crippen LogP contribution in [0.15, 0.2) is 66.7 Å². The molecule has 2 aromatic carbocycles. The molecule has 0 aliphatic carbocycles. The Kier molecular flexibility index (Phi) is 4.45. The molecule has 0 saturated carbocycles. The van der Waals surface area contributed by atoms with Gasteiger partial charge in [-0.05, 0) is 31.0 Å². The molecule has 1 aliphatic heterocycles. The Bertz CT molecular complexity index is 1150. The lowest BCUT2D eigenvalue weighted by Gasteiger charge is -2.39. The lowest BCUT2D eigenvalue weighted by atomic mass is 9.84. The molecule has 4 aromatic rings. The molecule has 146 valence electrons. The maximum absolute atomic E-state index is 11.2. The van der Waals surface area contributed by atoms with Gasteiger partial charge in [0, 0.05) is 29.2 Å². The van der Waals surface area contributed by atoms with Gasteiger partial charge in [0.15, 0.2) is 11.5 Å². The van der Waals surface area contributed by atoms with E-state index in [0.717, 1.165) is 16.9 Å². The predicted octanol–water partition coefficient (Wildman–Crippen LogP) is 3.93. The topological polar surface area (TPSA) is 66.5 Å². The normalized spacial score (nSPS) is 16.3. The molecular weight excluding hydrogens is 386 g/mol. The van der Waals surface area contributed by atoms with Gasteiger partial charge >= 0.3 is 0 Å². The Morgan fingerprint density at radius 1 is 0.862 bits per heavy atom. The molecule has 1 fully saturated rings. The molecule has 0 atom stereocenters. The summed E-state index contributed by atoms with van der Waals surface area (Å²) in [4.78, 5) is 2.18. The van der Waals surface area contributed by atoms with Crippen molar-refractivity contribution in [3.05, 3.63) is 77.3 Å². The summed E-state index contributed by atoms with van der Waals surface area (Å²) in [6.07, 6.45) is 1.17. The number of nitrogens with zero attached hydrogens (tertiary/aromatic N) is 5. The highest BCUT2D eigenvalue weighted by Crippen LogP contribution is 2.37. The van der Waals surface area contributed by atoms with E-state index < -0.39 is 5.60 Å². The van der Waals surface area contributed by atoms with Gasteiger partial charge in [0.05, 0.1) is 5.60 Å². The monoisotopic (exact) mass is 405 g/mol. The van der Waals surface area contributed by atoms with E-state index in [2.05, 4.69) is 15.1 Å². The number of halogens is 1. The van der Waals surface area contributed by atoms with Gasteiger partial charge in [0.1, 0.15) is 5.82 Å². The van der Waals surface area contributed by atoms with Crippen LogP contribution < -0.4 is 4.90 Å². The molecule has 1 saturated heterocycles. The third-order valence-corrected chi connectivity index (χ3v) is 5.90. The summed E-state index contributed by atoms with van der Waals surface area (Å²) in [6.45, 7) is 1.37. The van der Waals surface area contributed by atoms with E-state index in [0.29, 0.717) is 42.4 Å². The molecule has 6 nitrogen and oxygen atoms in total. The molecule has 1 aliphatic rings. The van der Waals surface area contributed by atoms with Gasteiger partial charge in [0.2, 0.25) is 0 Å². The zero-order chi connectivity index (χ0) is 19.8. The number of aliphatic hydroxyl groups is 1. The van der Waals surface area contributed by atoms with Crippen molar-refractivity contribution in [2.75, 3.05) is 18.0 Å². The van der Waals surface area contributed by atoms with E-state index in [-0.39, 0.29) is 0 Å². The van der Waals surface area contributed by atoms with E-state index in [1.54, 1.807) is 4.52 Å². The minimum atomic E-state index is -0.912. The molecule has 0 spiro atoms. The van der Waals surface area contributed by atoms with Gasteiger partial charge in [-0.3, -0.25) is 0 Å². The Hall–Kier alpha value is -2.96. The standard InChI is InChI=1S/C22H20ClN5O/c23-18-9-5-4-8-17(18)22(29)12-14-27(15-13-22)20-11-10-19-24-25-21(28(19)26-20)16-6-2-1-3-7-16/h1-11,29H,12-15H2. The van der Waals surface area contributed by atoms with Crippen LogP contribution in [0.2, 0.25) is 5.02 Å². The summed E-state index contributed by atoms with van der Waals surface area (Å²) in [7, 11) is 0. The third-order valence-electron chi connectivity index (χ3n) is 5.57. The summed E-state index contributed by atoms with van der Waals surface area (Å²) in [5.41, 5.74) is 1.56. The number of piperidine rings is 1. The Labute approximate surface area is 173 Å². The van der Waals surface area contributed by atoms with Crippen LogP contribution in [0.25, 0.3) is 17.0 Å². The van der Waals surface area contributed by atoms with Crippen molar-refractivity contribution in [3.8, 4) is 11.4 Å². The molecule has 0 amide bonds. The van der Waals surface area contributed by atoms with E-state index in [1.807, 2.05) is 66.7 Å². The predicted molar refractivity (Wildman–Crippen MR) is 113 cm³/mol. The highest BCUT2D eigenvalue weighted by molar-refractivity contribution is 6.31. The summed E-state index contributed by atoms with van der Waals surface area (Å²) in [5, 5.41) is 25.1. The summed E-state index contributed by atoms with van der Waals surface area (Å²) < 4.78 is 1.78. The Morgan fingerprint density at radius 3 is 2.34 bits per heavy atom. The quantitative estimate of drug-likeness (QED) is 0.559. The highest BCUT2D eigenvalue weighted by atomic mass is 35.5. The van der Waals surface area contributed by atoms with Gasteiger partial charge in [-0.1, -0.05) is 60.1 Å². The first-order chi connectivity index (χ1) is 14.1. The molecule has 0 unspecified atom stereocenters. The molecule has 1 N–H and O–H groups in total. The number of fused-ring (bicyclic) bond motifs is 1. The third kappa shape index (κ3) is 3.24. The first-order valence-corrected chi connectivity index (χ1v) is 10.0. The van der Waals surface area contributed by atoms with Gasteiger partial charge in [0.25, 0.3) is 0 Å². The molecule has 7 heteroatoms.